The van der Waals surface area contributed by atoms with Crippen molar-refractivity contribution >= 4 is 28.8 Å². The molecule has 0 aliphatic carbocycles. The lowest BCUT2D eigenvalue weighted by atomic mass is 10.2. The van der Waals surface area contributed by atoms with Crippen LogP contribution >= 0.6 is 22.9 Å². The zero-order chi connectivity index (χ0) is 22.3. The van der Waals surface area contributed by atoms with Crippen LogP contribution in [-0.2, 0) is 13.0 Å². The summed E-state index contributed by atoms with van der Waals surface area (Å²) in [6, 6.07) is 17.5. The Bertz CT molecular complexity index is 1180. The molecule has 0 saturated carbocycles. The van der Waals surface area contributed by atoms with Crippen molar-refractivity contribution in [1.82, 2.24) is 15.3 Å². The maximum absolute atomic E-state index is 13.9. The van der Waals surface area contributed by atoms with Crippen molar-refractivity contribution < 1.29 is 13.9 Å². The van der Waals surface area contributed by atoms with E-state index in [4.69, 9.17) is 16.3 Å². The van der Waals surface area contributed by atoms with Crippen molar-refractivity contribution in [2.24, 2.45) is 0 Å². The van der Waals surface area contributed by atoms with Crippen LogP contribution in [0.25, 0.3) is 10.6 Å². The average molecular weight is 468 g/mol. The molecule has 4 rings (SSSR count). The Balaban J connectivity index is 1.33. The Kier molecular flexibility index (Phi) is 7.09. The fourth-order valence-corrected chi connectivity index (χ4v) is 3.99. The van der Waals surface area contributed by atoms with Gasteiger partial charge in [0.05, 0.1) is 5.02 Å². The number of hydrogen-bond donors (Lipinski definition) is 1. The van der Waals surface area contributed by atoms with Gasteiger partial charge >= 0.3 is 0 Å². The minimum atomic E-state index is -0.400. The molecule has 2 aromatic heterocycles. The molecule has 2 heterocycles. The average Bonchev–Trinajstić information content (AvgIpc) is 3.30. The lowest BCUT2D eigenvalue weighted by molar-refractivity contribution is 0.0950. The highest BCUT2D eigenvalue weighted by molar-refractivity contribution is 7.13. The minimum Gasteiger partial charge on any atom is -0.489 e. The van der Waals surface area contributed by atoms with Crippen molar-refractivity contribution in [3.8, 4) is 16.3 Å². The van der Waals surface area contributed by atoms with Crippen molar-refractivity contribution in [1.29, 1.82) is 0 Å². The SMILES string of the molecule is O=C(NCCc1ccccn1)c1csc(-c2ccc(OCc3c(F)cccc3Cl)cc2)n1. The van der Waals surface area contributed by atoms with E-state index in [2.05, 4.69) is 15.3 Å². The van der Waals surface area contributed by atoms with Crippen LogP contribution in [0.3, 0.4) is 0 Å². The molecule has 0 fully saturated rings. The van der Waals surface area contributed by atoms with Gasteiger partial charge in [-0.2, -0.15) is 0 Å². The molecule has 1 amide bonds. The van der Waals surface area contributed by atoms with E-state index in [1.54, 1.807) is 35.8 Å². The van der Waals surface area contributed by atoms with E-state index in [0.29, 0.717) is 35.0 Å². The van der Waals surface area contributed by atoms with Gasteiger partial charge in [0.1, 0.15) is 28.9 Å². The fourth-order valence-electron chi connectivity index (χ4n) is 2.97. The van der Waals surface area contributed by atoms with Gasteiger partial charge in [-0.15, -0.1) is 11.3 Å². The van der Waals surface area contributed by atoms with E-state index in [1.165, 1.54) is 17.4 Å². The zero-order valence-corrected chi connectivity index (χ0v) is 18.5. The number of nitrogens with zero attached hydrogens (tertiary/aromatic N) is 2. The molecule has 2 aromatic carbocycles. The Labute approximate surface area is 193 Å². The molecule has 162 valence electrons. The van der Waals surface area contributed by atoms with E-state index >= 15 is 0 Å². The zero-order valence-electron chi connectivity index (χ0n) is 16.9. The van der Waals surface area contributed by atoms with Crippen LogP contribution in [0.4, 0.5) is 4.39 Å². The largest absolute Gasteiger partial charge is 0.489 e. The normalized spacial score (nSPS) is 10.7. The number of carbonyl (C=O) groups is 1. The number of ether oxygens (including phenoxy) is 1. The van der Waals surface area contributed by atoms with E-state index in [0.717, 1.165) is 16.3 Å². The monoisotopic (exact) mass is 467 g/mol. The third kappa shape index (κ3) is 5.49. The first-order chi connectivity index (χ1) is 15.6. The van der Waals surface area contributed by atoms with Crippen LogP contribution in [0, 0.1) is 5.82 Å². The van der Waals surface area contributed by atoms with Crippen LogP contribution in [-0.4, -0.2) is 22.4 Å². The van der Waals surface area contributed by atoms with Gasteiger partial charge in [-0.05, 0) is 48.5 Å². The molecule has 0 aliphatic heterocycles. The second-order valence-corrected chi connectivity index (χ2v) is 8.14. The van der Waals surface area contributed by atoms with Gasteiger partial charge in [0.2, 0.25) is 0 Å². The minimum absolute atomic E-state index is 0.0327. The summed E-state index contributed by atoms with van der Waals surface area (Å²) in [6.07, 6.45) is 2.39. The highest BCUT2D eigenvalue weighted by Gasteiger charge is 2.12. The van der Waals surface area contributed by atoms with Gasteiger partial charge < -0.3 is 10.1 Å². The number of halogens is 2. The summed E-state index contributed by atoms with van der Waals surface area (Å²) >= 11 is 7.42. The molecule has 0 atom stereocenters. The lowest BCUT2D eigenvalue weighted by Gasteiger charge is -2.09. The number of thiazole rings is 1. The first-order valence-corrected chi connectivity index (χ1v) is 11.2. The molecular weight excluding hydrogens is 449 g/mol. The van der Waals surface area contributed by atoms with Crippen molar-refractivity contribution in [2.45, 2.75) is 13.0 Å². The summed E-state index contributed by atoms with van der Waals surface area (Å²) in [5.41, 5.74) is 2.47. The number of pyridine rings is 1. The molecular formula is C24H19ClFN3O2S. The summed E-state index contributed by atoms with van der Waals surface area (Å²) in [5, 5.41) is 5.65. The predicted molar refractivity (Wildman–Crippen MR) is 124 cm³/mol. The van der Waals surface area contributed by atoms with Gasteiger partial charge in [0, 0.05) is 41.4 Å². The van der Waals surface area contributed by atoms with Gasteiger partial charge in [-0.1, -0.05) is 23.7 Å². The van der Waals surface area contributed by atoms with Crippen LogP contribution in [0.5, 0.6) is 5.75 Å². The van der Waals surface area contributed by atoms with Crippen LogP contribution in [0.15, 0.2) is 72.2 Å². The Morgan fingerprint density at radius 2 is 1.94 bits per heavy atom. The first kappa shape index (κ1) is 21.9. The topological polar surface area (TPSA) is 64.1 Å². The molecule has 0 aliphatic rings. The van der Waals surface area contributed by atoms with Gasteiger partial charge in [0.25, 0.3) is 5.91 Å². The molecule has 8 heteroatoms. The molecule has 0 saturated heterocycles. The lowest BCUT2D eigenvalue weighted by Crippen LogP contribution is -2.26. The molecule has 0 radical (unpaired) electrons. The van der Waals surface area contributed by atoms with Crippen molar-refractivity contribution in [2.75, 3.05) is 6.54 Å². The number of amides is 1. The van der Waals surface area contributed by atoms with E-state index in [1.807, 2.05) is 30.3 Å². The molecule has 1 N–H and O–H groups in total. The third-order valence-electron chi connectivity index (χ3n) is 4.68. The summed E-state index contributed by atoms with van der Waals surface area (Å²) in [4.78, 5) is 21.0. The summed E-state index contributed by atoms with van der Waals surface area (Å²) in [5.74, 6) is -0.0370. The second-order valence-electron chi connectivity index (χ2n) is 6.88. The molecule has 0 bridgehead atoms. The maximum Gasteiger partial charge on any atom is 0.270 e. The first-order valence-electron chi connectivity index (χ1n) is 9.90. The molecule has 5 nitrogen and oxygen atoms in total. The van der Waals surface area contributed by atoms with Crippen LogP contribution < -0.4 is 10.1 Å². The molecule has 0 spiro atoms. The second kappa shape index (κ2) is 10.3. The van der Waals surface area contributed by atoms with Crippen LogP contribution in [0.1, 0.15) is 21.7 Å². The van der Waals surface area contributed by atoms with E-state index in [-0.39, 0.29) is 12.5 Å². The summed E-state index contributed by atoms with van der Waals surface area (Å²) in [6.45, 7) is 0.520. The number of nitrogens with one attached hydrogen (secondary N) is 1. The predicted octanol–water partition coefficient (Wildman–Crippen LogP) is 5.55. The van der Waals surface area contributed by atoms with Gasteiger partial charge in [-0.25, -0.2) is 9.37 Å². The standard InChI is InChI=1S/C24H19ClFN3O2S/c25-20-5-3-6-21(26)19(20)14-31-18-9-7-16(8-10-18)24-29-22(15-32-24)23(30)28-13-11-17-4-1-2-12-27-17/h1-10,12,15H,11,13-14H2,(H,28,30). The Morgan fingerprint density at radius 1 is 1.09 bits per heavy atom. The maximum atomic E-state index is 13.9. The fraction of sp³-hybridized carbons (Fsp3) is 0.125. The van der Waals surface area contributed by atoms with E-state index in [9.17, 15) is 9.18 Å². The number of hydrogen-bond acceptors (Lipinski definition) is 5. The van der Waals surface area contributed by atoms with Crippen molar-refractivity contribution in [3.05, 3.63) is 100 Å². The summed E-state index contributed by atoms with van der Waals surface area (Å²) < 4.78 is 19.5. The quantitative estimate of drug-likeness (QED) is 0.369. The highest BCUT2D eigenvalue weighted by Crippen LogP contribution is 2.27. The number of benzene rings is 2. The number of carbonyl (C=O) groups excluding carboxylic acids is 1. The van der Waals surface area contributed by atoms with Gasteiger partial charge in [0.15, 0.2) is 0 Å². The molecule has 4 aromatic rings. The molecule has 32 heavy (non-hydrogen) atoms. The van der Waals surface area contributed by atoms with Crippen molar-refractivity contribution in [3.63, 3.8) is 0 Å². The number of rotatable bonds is 8. The van der Waals surface area contributed by atoms with E-state index < -0.39 is 5.82 Å². The summed E-state index contributed by atoms with van der Waals surface area (Å²) in [7, 11) is 0. The smallest absolute Gasteiger partial charge is 0.270 e. The Hall–Kier alpha value is -3.29. The Morgan fingerprint density at radius 3 is 2.69 bits per heavy atom. The van der Waals surface area contributed by atoms with Gasteiger partial charge in [-0.3, -0.25) is 9.78 Å². The number of aromatic nitrogens is 2. The highest BCUT2D eigenvalue weighted by atomic mass is 35.5. The third-order valence-corrected chi connectivity index (χ3v) is 5.92. The van der Waals surface area contributed by atoms with Crippen LogP contribution in [0.2, 0.25) is 5.02 Å². The molecule has 0 unspecified atom stereocenters.